The van der Waals surface area contributed by atoms with E-state index in [1.54, 1.807) is 24.6 Å². The molecule has 7 nitrogen and oxygen atoms in total. The topological polar surface area (TPSA) is 102 Å². The van der Waals surface area contributed by atoms with Gasteiger partial charge < -0.3 is 18.7 Å². The van der Waals surface area contributed by atoms with Crippen molar-refractivity contribution in [1.82, 2.24) is 4.98 Å². The van der Waals surface area contributed by atoms with Crippen molar-refractivity contribution < 1.29 is 23.5 Å². The molecule has 8 heteroatoms. The Morgan fingerprint density at radius 3 is 2.40 bits per heavy atom. The van der Waals surface area contributed by atoms with Gasteiger partial charge in [-0.05, 0) is 71.0 Å². The number of carbonyl (C=O) groups excluding carboxylic acids is 2. The van der Waals surface area contributed by atoms with Gasteiger partial charge in [-0.1, -0.05) is 60.1 Å². The van der Waals surface area contributed by atoms with E-state index in [2.05, 4.69) is 49.2 Å². The van der Waals surface area contributed by atoms with Gasteiger partial charge in [0.15, 0.2) is 6.29 Å². The molecule has 6 aromatic rings. The van der Waals surface area contributed by atoms with E-state index in [0.717, 1.165) is 61.8 Å². The minimum Gasteiger partial charge on any atom is -0.488 e. The minimum absolute atomic E-state index is 0.112. The highest BCUT2D eigenvalue weighted by Crippen LogP contribution is 2.37. The monoisotopic (exact) mass is 640 g/mol. The Morgan fingerprint density at radius 2 is 1.62 bits per heavy atom. The summed E-state index contributed by atoms with van der Waals surface area (Å²) in [6.07, 6.45) is 6.61. The van der Waals surface area contributed by atoms with Gasteiger partial charge in [-0.3, -0.25) is 9.78 Å². The van der Waals surface area contributed by atoms with Crippen LogP contribution in [0.15, 0.2) is 95.9 Å². The third kappa shape index (κ3) is 6.51. The zero-order valence-corrected chi connectivity index (χ0v) is 26.5. The number of rotatable bonds is 11. The number of aldehydes is 2. The molecule has 4 aromatic carbocycles. The Kier molecular flexibility index (Phi) is 9.14. The summed E-state index contributed by atoms with van der Waals surface area (Å²) in [7, 11) is 0. The molecule has 0 atom stereocenters. The number of hydrogen-bond acceptors (Lipinski definition) is 7. The van der Waals surface area contributed by atoms with Gasteiger partial charge in [0, 0.05) is 41.4 Å². The van der Waals surface area contributed by atoms with E-state index < -0.39 is 0 Å². The second-order valence-electron chi connectivity index (χ2n) is 11.1. The summed E-state index contributed by atoms with van der Waals surface area (Å²) in [6.45, 7) is 4.53. The Balaban J connectivity index is 1.24. The molecule has 2 heterocycles. The molecule has 0 unspecified atom stereocenters. The van der Waals surface area contributed by atoms with Gasteiger partial charge >= 0.3 is 0 Å². The van der Waals surface area contributed by atoms with Crippen LogP contribution in [0.3, 0.4) is 0 Å². The SMILES string of the molecule is Cc1c(COc2cc(OCc3cncc(C#N)c3)c(C=O)cc2Cl)cccc1-c1cccc(-c2ccc3c(CC=O)coc3c2)c1C. The molecule has 0 N–H and O–H groups in total. The fraction of sp³-hybridized carbons (Fsp3) is 0.128. The molecule has 0 aliphatic carbocycles. The van der Waals surface area contributed by atoms with Crippen LogP contribution in [-0.4, -0.2) is 17.6 Å². The predicted octanol–water partition coefficient (Wildman–Crippen LogP) is 9.02. The lowest BCUT2D eigenvalue weighted by atomic mass is 9.89. The fourth-order valence-corrected chi connectivity index (χ4v) is 5.92. The van der Waals surface area contributed by atoms with Crippen molar-refractivity contribution in [3.8, 4) is 39.8 Å². The first-order valence-electron chi connectivity index (χ1n) is 14.9. The van der Waals surface area contributed by atoms with Gasteiger partial charge in [0.2, 0.25) is 0 Å². The summed E-state index contributed by atoms with van der Waals surface area (Å²) in [6, 6.07) is 25.3. The lowest BCUT2D eigenvalue weighted by Crippen LogP contribution is -2.03. The Labute approximate surface area is 277 Å². The summed E-state index contributed by atoms with van der Waals surface area (Å²) < 4.78 is 17.9. The van der Waals surface area contributed by atoms with E-state index in [0.29, 0.717) is 35.3 Å². The van der Waals surface area contributed by atoms with E-state index in [4.69, 9.17) is 30.8 Å². The Hall–Kier alpha value is -5.71. The molecular formula is C39H29ClN2O5. The summed E-state index contributed by atoms with van der Waals surface area (Å²) in [5, 5.41) is 10.4. The van der Waals surface area contributed by atoms with Gasteiger partial charge in [0.1, 0.15) is 42.7 Å². The number of aromatic nitrogens is 1. The van der Waals surface area contributed by atoms with Crippen LogP contribution >= 0.6 is 11.6 Å². The molecule has 0 amide bonds. The van der Waals surface area contributed by atoms with E-state index in [1.807, 2.05) is 30.3 Å². The van der Waals surface area contributed by atoms with Crippen LogP contribution in [0.5, 0.6) is 11.5 Å². The first-order chi connectivity index (χ1) is 22.9. The molecule has 6 rings (SSSR count). The van der Waals surface area contributed by atoms with Crippen molar-refractivity contribution in [2.24, 2.45) is 0 Å². The van der Waals surface area contributed by atoms with Crippen LogP contribution in [0.4, 0.5) is 0 Å². The van der Waals surface area contributed by atoms with Crippen LogP contribution in [-0.2, 0) is 24.4 Å². The third-order valence-electron chi connectivity index (χ3n) is 8.23. The Morgan fingerprint density at radius 1 is 0.851 bits per heavy atom. The second kappa shape index (κ2) is 13.7. The van der Waals surface area contributed by atoms with Crippen LogP contribution in [0.25, 0.3) is 33.2 Å². The normalized spacial score (nSPS) is 10.9. The fourth-order valence-electron chi connectivity index (χ4n) is 5.69. The van der Waals surface area contributed by atoms with Gasteiger partial charge in [0.05, 0.1) is 22.4 Å². The first kappa shape index (κ1) is 31.3. The highest BCUT2D eigenvalue weighted by atomic mass is 35.5. The highest BCUT2D eigenvalue weighted by molar-refractivity contribution is 6.32. The van der Waals surface area contributed by atoms with Gasteiger partial charge in [-0.2, -0.15) is 5.26 Å². The van der Waals surface area contributed by atoms with Gasteiger partial charge in [-0.15, -0.1) is 0 Å². The van der Waals surface area contributed by atoms with Crippen molar-refractivity contribution in [3.05, 3.63) is 135 Å². The van der Waals surface area contributed by atoms with Crippen LogP contribution in [0.2, 0.25) is 5.02 Å². The zero-order chi connectivity index (χ0) is 32.9. The highest BCUT2D eigenvalue weighted by Gasteiger charge is 2.16. The van der Waals surface area contributed by atoms with Crippen LogP contribution in [0, 0.1) is 25.2 Å². The predicted molar refractivity (Wildman–Crippen MR) is 181 cm³/mol. The number of pyridine rings is 1. The number of nitriles is 1. The van der Waals surface area contributed by atoms with Crippen molar-refractivity contribution in [2.45, 2.75) is 33.5 Å². The second-order valence-corrected chi connectivity index (χ2v) is 11.5. The average Bonchev–Trinajstić information content (AvgIpc) is 3.50. The summed E-state index contributed by atoms with van der Waals surface area (Å²) in [4.78, 5) is 26.9. The Bertz CT molecular complexity index is 2180. The number of carbonyl (C=O) groups is 2. The molecule has 0 saturated heterocycles. The van der Waals surface area contributed by atoms with E-state index in [1.165, 1.54) is 12.3 Å². The number of benzene rings is 4. The average molecular weight is 641 g/mol. The first-order valence-corrected chi connectivity index (χ1v) is 15.3. The number of halogens is 1. The summed E-state index contributed by atoms with van der Waals surface area (Å²) >= 11 is 6.51. The molecule has 2 aromatic heterocycles. The maximum absolute atomic E-state index is 11.8. The summed E-state index contributed by atoms with van der Waals surface area (Å²) in [5.41, 5.74) is 10.5. The molecule has 0 aliphatic heterocycles. The third-order valence-corrected chi connectivity index (χ3v) is 8.53. The summed E-state index contributed by atoms with van der Waals surface area (Å²) in [5.74, 6) is 0.691. The molecule has 0 saturated carbocycles. The van der Waals surface area contributed by atoms with Crippen LogP contribution in [0.1, 0.15) is 43.7 Å². The molecule has 0 fully saturated rings. The van der Waals surface area contributed by atoms with Crippen molar-refractivity contribution in [1.29, 1.82) is 5.26 Å². The zero-order valence-electron chi connectivity index (χ0n) is 25.7. The quantitative estimate of drug-likeness (QED) is 0.130. The van der Waals surface area contributed by atoms with Gasteiger partial charge in [0.25, 0.3) is 0 Å². The number of furan rings is 1. The maximum atomic E-state index is 11.8. The molecule has 0 radical (unpaired) electrons. The minimum atomic E-state index is 0.112. The molecule has 0 spiro atoms. The molecule has 47 heavy (non-hydrogen) atoms. The molecule has 0 aliphatic rings. The molecule has 0 bridgehead atoms. The largest absolute Gasteiger partial charge is 0.488 e. The van der Waals surface area contributed by atoms with Gasteiger partial charge in [-0.25, -0.2) is 0 Å². The number of ether oxygens (including phenoxy) is 2. The van der Waals surface area contributed by atoms with Crippen molar-refractivity contribution in [2.75, 3.05) is 0 Å². The van der Waals surface area contributed by atoms with Crippen molar-refractivity contribution in [3.63, 3.8) is 0 Å². The number of fused-ring (bicyclic) bond motifs is 1. The van der Waals surface area contributed by atoms with Crippen LogP contribution < -0.4 is 9.47 Å². The molecular weight excluding hydrogens is 612 g/mol. The van der Waals surface area contributed by atoms with E-state index in [9.17, 15) is 9.59 Å². The number of nitrogens with zero attached hydrogens (tertiary/aromatic N) is 2. The molecule has 232 valence electrons. The lowest BCUT2D eigenvalue weighted by molar-refractivity contribution is -0.107. The van der Waals surface area contributed by atoms with Crippen molar-refractivity contribution >= 4 is 35.1 Å². The number of hydrogen-bond donors (Lipinski definition) is 0. The maximum Gasteiger partial charge on any atom is 0.153 e. The standard InChI is InChI=1S/C39H29ClN2O5/c1-24-29(22-47-39-16-37(31(20-44)14-36(39)40)45-21-27-13-26(17-41)18-42-19-27)5-3-7-33(24)34-8-4-6-32(25(34)2)28-9-10-35-30(11-12-43)23-46-38(35)15-28/h3-10,12-16,18-20,23H,11,21-22H2,1-2H3. The van der Waals surface area contributed by atoms with E-state index >= 15 is 0 Å². The smallest absolute Gasteiger partial charge is 0.153 e. The lowest BCUT2D eigenvalue weighted by Gasteiger charge is -2.17. The van der Waals surface area contributed by atoms with E-state index in [-0.39, 0.29) is 23.8 Å².